The molecule has 1 amide bonds. The molecule has 0 radical (unpaired) electrons. The van der Waals surface area contributed by atoms with Crippen LogP contribution in [0.1, 0.15) is 12.5 Å². The van der Waals surface area contributed by atoms with E-state index in [0.29, 0.717) is 6.42 Å². The number of methoxy groups -OCH3 is 1. The number of amides is 1. The Morgan fingerprint density at radius 2 is 2.25 bits per heavy atom. The molecule has 110 valence electrons. The standard InChI is InChI=1S/C12H17N3O5/c1-3-8-4-5-10(9(6-8)15(17)18)20-11(7-19-2)12(16)14-13/h4-6,11H,3,7,13H2,1-2H3,(H,14,16). The fourth-order valence-corrected chi connectivity index (χ4v) is 1.59. The molecule has 0 aliphatic heterocycles. The van der Waals surface area contributed by atoms with E-state index in [1.165, 1.54) is 19.2 Å². The molecule has 0 aliphatic carbocycles. The Morgan fingerprint density at radius 1 is 1.55 bits per heavy atom. The quantitative estimate of drug-likeness (QED) is 0.326. The summed E-state index contributed by atoms with van der Waals surface area (Å²) in [4.78, 5) is 22.0. The van der Waals surface area contributed by atoms with Gasteiger partial charge in [0.1, 0.15) is 0 Å². The van der Waals surface area contributed by atoms with Crippen LogP contribution in [-0.2, 0) is 16.0 Å². The van der Waals surface area contributed by atoms with Gasteiger partial charge in [0.05, 0.1) is 11.5 Å². The van der Waals surface area contributed by atoms with Gasteiger partial charge in [-0.25, -0.2) is 5.84 Å². The fourth-order valence-electron chi connectivity index (χ4n) is 1.59. The molecule has 3 N–H and O–H groups in total. The number of nitro groups is 1. The molecular weight excluding hydrogens is 266 g/mol. The molecule has 0 aliphatic rings. The Morgan fingerprint density at radius 3 is 2.75 bits per heavy atom. The van der Waals surface area contributed by atoms with Crippen LogP contribution in [0.3, 0.4) is 0 Å². The summed E-state index contributed by atoms with van der Waals surface area (Å²) in [6.07, 6.45) is -0.400. The highest BCUT2D eigenvalue weighted by Crippen LogP contribution is 2.29. The van der Waals surface area contributed by atoms with Gasteiger partial charge >= 0.3 is 5.69 Å². The van der Waals surface area contributed by atoms with Gasteiger partial charge < -0.3 is 9.47 Å². The minimum atomic E-state index is -1.06. The van der Waals surface area contributed by atoms with E-state index in [2.05, 4.69) is 0 Å². The summed E-state index contributed by atoms with van der Waals surface area (Å²) < 4.78 is 10.2. The second kappa shape index (κ2) is 7.41. The number of nitro benzene ring substituents is 1. The SMILES string of the molecule is CCc1ccc(OC(COC)C(=O)NN)c([N+](=O)[O-])c1. The van der Waals surface area contributed by atoms with Crippen LogP contribution in [0.25, 0.3) is 0 Å². The summed E-state index contributed by atoms with van der Waals surface area (Å²) in [7, 11) is 1.38. The molecule has 8 nitrogen and oxygen atoms in total. The highest BCUT2D eigenvalue weighted by molar-refractivity contribution is 5.80. The number of nitrogens with two attached hydrogens (primary N) is 1. The second-order valence-corrected chi connectivity index (χ2v) is 3.98. The van der Waals surface area contributed by atoms with Gasteiger partial charge in [0.15, 0.2) is 5.75 Å². The molecule has 1 rings (SSSR count). The zero-order valence-electron chi connectivity index (χ0n) is 11.3. The molecule has 1 aromatic rings. The zero-order chi connectivity index (χ0) is 15.1. The molecule has 8 heteroatoms. The predicted molar refractivity (Wildman–Crippen MR) is 71.1 cm³/mol. The molecule has 0 saturated carbocycles. The van der Waals surface area contributed by atoms with Crippen molar-refractivity contribution in [2.24, 2.45) is 5.84 Å². The topological polar surface area (TPSA) is 117 Å². The van der Waals surface area contributed by atoms with Gasteiger partial charge in [-0.15, -0.1) is 0 Å². The van der Waals surface area contributed by atoms with Crippen LogP contribution in [0.4, 0.5) is 5.69 Å². The van der Waals surface area contributed by atoms with E-state index in [0.717, 1.165) is 5.56 Å². The van der Waals surface area contributed by atoms with Crippen LogP contribution in [0.5, 0.6) is 5.75 Å². The number of hydrogen-bond donors (Lipinski definition) is 2. The Bertz CT molecular complexity index is 492. The summed E-state index contributed by atoms with van der Waals surface area (Å²) >= 11 is 0. The van der Waals surface area contributed by atoms with Gasteiger partial charge in [-0.1, -0.05) is 13.0 Å². The normalized spacial score (nSPS) is 11.8. The Labute approximate surface area is 116 Å². The molecule has 0 heterocycles. The van der Waals surface area contributed by atoms with Crippen LogP contribution in [0, 0.1) is 10.1 Å². The van der Waals surface area contributed by atoms with Crippen molar-refractivity contribution < 1.29 is 19.2 Å². The van der Waals surface area contributed by atoms with Gasteiger partial charge in [0.25, 0.3) is 5.91 Å². The first-order valence-corrected chi connectivity index (χ1v) is 5.96. The van der Waals surface area contributed by atoms with Gasteiger partial charge in [-0.2, -0.15) is 0 Å². The number of hydrogen-bond acceptors (Lipinski definition) is 6. The van der Waals surface area contributed by atoms with Crippen molar-refractivity contribution in [3.05, 3.63) is 33.9 Å². The molecule has 0 aromatic heterocycles. The highest BCUT2D eigenvalue weighted by atomic mass is 16.6. The third-order valence-electron chi connectivity index (χ3n) is 2.65. The molecule has 1 aromatic carbocycles. The minimum absolute atomic E-state index is 0.00199. The smallest absolute Gasteiger partial charge is 0.311 e. The lowest BCUT2D eigenvalue weighted by Gasteiger charge is -2.16. The Hall–Kier alpha value is -2.19. The molecule has 20 heavy (non-hydrogen) atoms. The molecule has 0 bridgehead atoms. The maximum atomic E-state index is 11.5. The lowest BCUT2D eigenvalue weighted by Crippen LogP contribution is -2.44. The summed E-state index contributed by atoms with van der Waals surface area (Å²) in [6, 6.07) is 4.58. The molecule has 1 atom stereocenters. The van der Waals surface area contributed by atoms with Crippen LogP contribution in [-0.4, -0.2) is 30.7 Å². The first-order chi connectivity index (χ1) is 9.53. The van der Waals surface area contributed by atoms with Crippen molar-refractivity contribution in [2.45, 2.75) is 19.4 Å². The van der Waals surface area contributed by atoms with Gasteiger partial charge in [-0.3, -0.25) is 20.3 Å². The van der Waals surface area contributed by atoms with E-state index in [-0.39, 0.29) is 18.0 Å². The summed E-state index contributed by atoms with van der Waals surface area (Å²) in [5.41, 5.74) is 2.53. The van der Waals surface area contributed by atoms with E-state index in [9.17, 15) is 14.9 Å². The zero-order valence-corrected chi connectivity index (χ0v) is 11.3. The van der Waals surface area contributed by atoms with Crippen LogP contribution in [0.15, 0.2) is 18.2 Å². The number of carbonyl (C=O) groups excluding carboxylic acids is 1. The molecule has 1 unspecified atom stereocenters. The van der Waals surface area contributed by atoms with Crippen LogP contribution >= 0.6 is 0 Å². The average molecular weight is 283 g/mol. The average Bonchev–Trinajstić information content (AvgIpc) is 2.46. The third-order valence-corrected chi connectivity index (χ3v) is 2.65. The van der Waals surface area contributed by atoms with Gasteiger partial charge in [-0.05, 0) is 18.1 Å². The van der Waals surface area contributed by atoms with Crippen molar-refractivity contribution in [2.75, 3.05) is 13.7 Å². The van der Waals surface area contributed by atoms with Crippen molar-refractivity contribution in [3.63, 3.8) is 0 Å². The number of aryl methyl sites for hydroxylation is 1. The van der Waals surface area contributed by atoms with E-state index in [4.69, 9.17) is 15.3 Å². The number of benzene rings is 1. The van der Waals surface area contributed by atoms with Gasteiger partial charge in [0.2, 0.25) is 6.10 Å². The maximum Gasteiger partial charge on any atom is 0.311 e. The number of nitrogens with one attached hydrogen (secondary N) is 1. The maximum absolute atomic E-state index is 11.5. The van der Waals surface area contributed by atoms with Crippen molar-refractivity contribution >= 4 is 11.6 Å². The number of nitrogens with zero attached hydrogens (tertiary/aromatic N) is 1. The number of hydrazine groups is 1. The molecular formula is C12H17N3O5. The summed E-state index contributed by atoms with van der Waals surface area (Å²) in [5, 5.41) is 11.0. The molecule has 0 spiro atoms. The summed E-state index contributed by atoms with van der Waals surface area (Å²) in [6.45, 7) is 1.81. The molecule has 0 saturated heterocycles. The number of carbonyl (C=O) groups is 1. The summed E-state index contributed by atoms with van der Waals surface area (Å²) in [5.74, 6) is 4.41. The van der Waals surface area contributed by atoms with Crippen LogP contribution in [0.2, 0.25) is 0 Å². The first kappa shape index (κ1) is 15.9. The van der Waals surface area contributed by atoms with E-state index in [1.54, 1.807) is 6.07 Å². The monoisotopic (exact) mass is 283 g/mol. The minimum Gasteiger partial charge on any atom is -0.471 e. The Kier molecular flexibility index (Phi) is 5.88. The lowest BCUT2D eigenvalue weighted by atomic mass is 10.1. The van der Waals surface area contributed by atoms with Crippen molar-refractivity contribution in [3.8, 4) is 5.75 Å². The largest absolute Gasteiger partial charge is 0.471 e. The van der Waals surface area contributed by atoms with Crippen molar-refractivity contribution in [1.29, 1.82) is 0 Å². The predicted octanol–water partition coefficient (Wildman–Crippen LogP) is 0.541. The van der Waals surface area contributed by atoms with E-state index < -0.39 is 16.9 Å². The fraction of sp³-hybridized carbons (Fsp3) is 0.417. The number of ether oxygens (including phenoxy) is 2. The van der Waals surface area contributed by atoms with Crippen LogP contribution < -0.4 is 16.0 Å². The van der Waals surface area contributed by atoms with Crippen molar-refractivity contribution in [1.82, 2.24) is 5.43 Å². The Balaban J connectivity index is 3.05. The molecule has 0 fully saturated rings. The first-order valence-electron chi connectivity index (χ1n) is 5.96. The van der Waals surface area contributed by atoms with E-state index >= 15 is 0 Å². The third kappa shape index (κ3) is 3.90. The van der Waals surface area contributed by atoms with E-state index in [1.807, 2.05) is 12.3 Å². The lowest BCUT2D eigenvalue weighted by molar-refractivity contribution is -0.386. The number of rotatable bonds is 7. The van der Waals surface area contributed by atoms with Gasteiger partial charge in [0, 0.05) is 13.2 Å². The highest BCUT2D eigenvalue weighted by Gasteiger charge is 2.24. The second-order valence-electron chi connectivity index (χ2n) is 3.98.